The summed E-state index contributed by atoms with van der Waals surface area (Å²) in [4.78, 5) is 12.9. The number of carbonyl (C=O) groups excluding carboxylic acids is 1. The van der Waals surface area contributed by atoms with Gasteiger partial charge in [0.25, 0.3) is 0 Å². The Balaban J connectivity index is 2.49. The van der Waals surface area contributed by atoms with Crippen molar-refractivity contribution in [3.63, 3.8) is 0 Å². The zero-order valence-electron chi connectivity index (χ0n) is 6.21. The molecule has 1 fully saturated rings. The van der Waals surface area contributed by atoms with E-state index in [-0.39, 0.29) is 5.78 Å². The van der Waals surface area contributed by atoms with E-state index in [9.17, 15) is 4.79 Å². The van der Waals surface area contributed by atoms with Crippen molar-refractivity contribution in [2.75, 3.05) is 20.1 Å². The first-order valence-corrected chi connectivity index (χ1v) is 3.59. The van der Waals surface area contributed by atoms with Gasteiger partial charge in [0.1, 0.15) is 6.10 Å². The average molecular weight is 143 g/mol. The Labute approximate surface area is 60.6 Å². The number of likely N-dealkylation sites (tertiary alicyclic amines) is 1. The molecular weight excluding hydrogens is 130 g/mol. The van der Waals surface area contributed by atoms with Crippen LogP contribution in [-0.2, 0) is 4.79 Å². The molecule has 1 N–H and O–H groups in total. The van der Waals surface area contributed by atoms with Gasteiger partial charge >= 0.3 is 0 Å². The number of ketones is 1. The maximum atomic E-state index is 10.9. The first-order valence-electron chi connectivity index (χ1n) is 3.59. The number of rotatable bonds is 0. The number of likely N-dealkylation sites (N-methyl/N-ethyl adjacent to an activating group) is 1. The molecule has 0 aliphatic carbocycles. The van der Waals surface area contributed by atoms with Crippen LogP contribution in [0.15, 0.2) is 0 Å². The first-order chi connectivity index (χ1) is 4.70. The molecule has 1 atom stereocenters. The van der Waals surface area contributed by atoms with E-state index >= 15 is 0 Å². The maximum Gasteiger partial charge on any atom is 0.175 e. The molecule has 0 aromatic rings. The van der Waals surface area contributed by atoms with E-state index in [2.05, 4.69) is 0 Å². The van der Waals surface area contributed by atoms with E-state index in [4.69, 9.17) is 5.11 Å². The Morgan fingerprint density at radius 3 is 3.10 bits per heavy atom. The summed E-state index contributed by atoms with van der Waals surface area (Å²) in [5.74, 6) is -0.0417. The summed E-state index contributed by atoms with van der Waals surface area (Å²) in [7, 11) is 1.90. The number of carbonyl (C=O) groups is 1. The fourth-order valence-corrected chi connectivity index (χ4v) is 1.17. The molecule has 0 saturated carbocycles. The Morgan fingerprint density at radius 1 is 1.70 bits per heavy atom. The van der Waals surface area contributed by atoms with Crippen molar-refractivity contribution in [2.45, 2.75) is 18.9 Å². The highest BCUT2D eigenvalue weighted by Gasteiger charge is 2.19. The highest BCUT2D eigenvalue weighted by Crippen LogP contribution is 2.05. The lowest BCUT2D eigenvalue weighted by Crippen LogP contribution is -2.29. The van der Waals surface area contributed by atoms with Crippen molar-refractivity contribution >= 4 is 5.78 Å². The van der Waals surface area contributed by atoms with Crippen molar-refractivity contribution in [1.82, 2.24) is 4.90 Å². The van der Waals surface area contributed by atoms with Crippen molar-refractivity contribution < 1.29 is 9.90 Å². The van der Waals surface area contributed by atoms with Crippen LogP contribution in [0.25, 0.3) is 0 Å². The van der Waals surface area contributed by atoms with Crippen LogP contribution in [0.2, 0.25) is 0 Å². The molecule has 0 bridgehead atoms. The molecule has 1 heterocycles. The Morgan fingerprint density at radius 2 is 2.40 bits per heavy atom. The van der Waals surface area contributed by atoms with E-state index in [1.165, 1.54) is 0 Å². The minimum absolute atomic E-state index is 0.0417. The zero-order chi connectivity index (χ0) is 7.56. The highest BCUT2D eigenvalue weighted by molar-refractivity contribution is 5.84. The predicted octanol–water partition coefficient (Wildman–Crippen LogP) is -0.358. The number of aliphatic hydroxyl groups is 1. The topological polar surface area (TPSA) is 40.5 Å². The van der Waals surface area contributed by atoms with Gasteiger partial charge in [0.2, 0.25) is 0 Å². The summed E-state index contributed by atoms with van der Waals surface area (Å²) in [6, 6.07) is 0. The second-order valence-corrected chi connectivity index (χ2v) is 2.86. The van der Waals surface area contributed by atoms with Crippen molar-refractivity contribution in [3.8, 4) is 0 Å². The van der Waals surface area contributed by atoms with Gasteiger partial charge in [-0.25, -0.2) is 0 Å². The molecule has 58 valence electrons. The normalized spacial score (nSPS) is 30.2. The van der Waals surface area contributed by atoms with Gasteiger partial charge in [0, 0.05) is 0 Å². The summed E-state index contributed by atoms with van der Waals surface area (Å²) >= 11 is 0. The standard InChI is InChI=1S/C7H13NO2/c1-8-4-2-3-6(9)7(10)5-8/h6,9H,2-5H2,1H3. The highest BCUT2D eigenvalue weighted by atomic mass is 16.3. The van der Waals surface area contributed by atoms with Crippen LogP contribution in [0.5, 0.6) is 0 Å². The lowest BCUT2D eigenvalue weighted by Gasteiger charge is -2.10. The van der Waals surface area contributed by atoms with Gasteiger partial charge in [-0.05, 0) is 26.4 Å². The predicted molar refractivity (Wildman–Crippen MR) is 37.7 cm³/mol. The Kier molecular flexibility index (Phi) is 2.40. The van der Waals surface area contributed by atoms with E-state index < -0.39 is 6.10 Å². The van der Waals surface area contributed by atoms with Crippen LogP contribution >= 0.6 is 0 Å². The minimum atomic E-state index is -0.704. The molecule has 0 radical (unpaired) electrons. The molecule has 1 aliphatic heterocycles. The second kappa shape index (κ2) is 3.12. The van der Waals surface area contributed by atoms with Crippen LogP contribution in [0.1, 0.15) is 12.8 Å². The van der Waals surface area contributed by atoms with E-state index in [0.717, 1.165) is 13.0 Å². The largest absolute Gasteiger partial charge is 0.385 e. The molecule has 3 heteroatoms. The molecule has 1 rings (SSSR count). The van der Waals surface area contributed by atoms with Gasteiger partial charge in [0.05, 0.1) is 6.54 Å². The molecule has 0 aromatic carbocycles. The Bertz CT molecular complexity index is 136. The number of hydrogen-bond donors (Lipinski definition) is 1. The number of nitrogens with zero attached hydrogens (tertiary/aromatic N) is 1. The maximum absolute atomic E-state index is 10.9. The molecule has 0 amide bonds. The third-order valence-corrected chi connectivity index (χ3v) is 1.81. The van der Waals surface area contributed by atoms with Crippen LogP contribution in [0, 0.1) is 0 Å². The quantitative estimate of drug-likeness (QED) is 0.503. The molecule has 10 heavy (non-hydrogen) atoms. The van der Waals surface area contributed by atoms with Gasteiger partial charge in [-0.1, -0.05) is 0 Å². The zero-order valence-corrected chi connectivity index (χ0v) is 6.21. The molecule has 1 unspecified atom stereocenters. The molecule has 3 nitrogen and oxygen atoms in total. The summed E-state index contributed by atoms with van der Waals surface area (Å²) in [5.41, 5.74) is 0. The van der Waals surface area contributed by atoms with Crippen LogP contribution < -0.4 is 0 Å². The Hall–Kier alpha value is -0.410. The summed E-state index contributed by atoms with van der Waals surface area (Å²) in [5, 5.41) is 9.10. The number of Topliss-reactive ketones (excluding diaryl/α,β-unsaturated/α-hetero) is 1. The van der Waals surface area contributed by atoms with Gasteiger partial charge in [-0.15, -0.1) is 0 Å². The van der Waals surface area contributed by atoms with Gasteiger partial charge in [0.15, 0.2) is 5.78 Å². The van der Waals surface area contributed by atoms with Crippen molar-refractivity contribution in [1.29, 1.82) is 0 Å². The second-order valence-electron chi connectivity index (χ2n) is 2.86. The van der Waals surface area contributed by atoms with E-state index in [0.29, 0.717) is 13.0 Å². The lowest BCUT2D eigenvalue weighted by atomic mass is 10.1. The van der Waals surface area contributed by atoms with Crippen LogP contribution in [0.3, 0.4) is 0 Å². The summed E-state index contributed by atoms with van der Waals surface area (Å²) < 4.78 is 0. The van der Waals surface area contributed by atoms with E-state index in [1.807, 2.05) is 11.9 Å². The summed E-state index contributed by atoms with van der Waals surface area (Å²) in [6.45, 7) is 1.32. The smallest absolute Gasteiger partial charge is 0.175 e. The lowest BCUT2D eigenvalue weighted by molar-refractivity contribution is -0.127. The van der Waals surface area contributed by atoms with Crippen LogP contribution in [0.4, 0.5) is 0 Å². The van der Waals surface area contributed by atoms with Gasteiger partial charge in [-0.3, -0.25) is 9.69 Å². The van der Waals surface area contributed by atoms with Crippen LogP contribution in [-0.4, -0.2) is 42.0 Å². The van der Waals surface area contributed by atoms with E-state index in [1.54, 1.807) is 0 Å². The fraction of sp³-hybridized carbons (Fsp3) is 0.857. The molecule has 1 saturated heterocycles. The third kappa shape index (κ3) is 1.78. The summed E-state index contributed by atoms with van der Waals surface area (Å²) in [6.07, 6.45) is 0.844. The number of hydrogen-bond acceptors (Lipinski definition) is 3. The SMILES string of the molecule is CN1CCCC(O)C(=O)C1. The van der Waals surface area contributed by atoms with Crippen molar-refractivity contribution in [3.05, 3.63) is 0 Å². The minimum Gasteiger partial charge on any atom is -0.385 e. The van der Waals surface area contributed by atoms with Crippen molar-refractivity contribution in [2.24, 2.45) is 0 Å². The first kappa shape index (κ1) is 7.69. The fourth-order valence-electron chi connectivity index (χ4n) is 1.17. The average Bonchev–Trinajstić information content (AvgIpc) is 1.96. The monoisotopic (exact) mass is 143 g/mol. The molecular formula is C7H13NO2. The van der Waals surface area contributed by atoms with Gasteiger partial charge < -0.3 is 5.11 Å². The molecule has 0 spiro atoms. The molecule has 1 aliphatic rings. The number of aliphatic hydroxyl groups excluding tert-OH is 1. The van der Waals surface area contributed by atoms with Gasteiger partial charge in [-0.2, -0.15) is 0 Å². The third-order valence-electron chi connectivity index (χ3n) is 1.81. The molecule has 0 aromatic heterocycles.